The molecule has 4 heteroatoms. The molecular weight excluding hydrogens is 326 g/mol. The van der Waals surface area contributed by atoms with Crippen LogP contribution in [-0.4, -0.2) is 18.8 Å². The van der Waals surface area contributed by atoms with Crippen LogP contribution in [0.2, 0.25) is 0 Å². The Morgan fingerprint density at radius 1 is 1.00 bits per heavy atom. The highest BCUT2D eigenvalue weighted by Crippen LogP contribution is 2.26. The number of carbonyl (C=O) groups excluding carboxylic acids is 1. The van der Waals surface area contributed by atoms with Crippen molar-refractivity contribution in [1.82, 2.24) is 0 Å². The maximum atomic E-state index is 12.6. The van der Waals surface area contributed by atoms with Crippen molar-refractivity contribution in [3.8, 4) is 5.75 Å². The molecule has 1 aliphatic rings. The van der Waals surface area contributed by atoms with Gasteiger partial charge in [0.25, 0.3) is 0 Å². The number of nitrogens with zero attached hydrogens (tertiary/aromatic N) is 1. The van der Waals surface area contributed by atoms with E-state index in [9.17, 15) is 4.79 Å². The van der Waals surface area contributed by atoms with Crippen LogP contribution in [0.1, 0.15) is 34.3 Å². The Kier molecular flexibility index (Phi) is 4.40. The third-order valence-electron chi connectivity index (χ3n) is 4.73. The first-order chi connectivity index (χ1) is 12.8. The molecular formula is C22H19NO3. The van der Waals surface area contributed by atoms with E-state index in [4.69, 9.17) is 9.57 Å². The van der Waals surface area contributed by atoms with Crippen molar-refractivity contribution in [3.05, 3.63) is 77.4 Å². The molecule has 0 saturated heterocycles. The van der Waals surface area contributed by atoms with Gasteiger partial charge in [-0.15, -0.1) is 0 Å². The molecule has 3 aromatic rings. The number of hydrogen-bond donors (Lipinski definition) is 0. The second-order valence-corrected chi connectivity index (χ2v) is 6.32. The summed E-state index contributed by atoms with van der Waals surface area (Å²) in [5, 5.41) is 6.06. The molecule has 130 valence electrons. The van der Waals surface area contributed by atoms with Gasteiger partial charge in [0.2, 0.25) is 0 Å². The molecule has 0 radical (unpaired) electrons. The van der Waals surface area contributed by atoms with Crippen LogP contribution in [0.25, 0.3) is 10.8 Å². The van der Waals surface area contributed by atoms with Crippen LogP contribution in [-0.2, 0) is 11.3 Å². The van der Waals surface area contributed by atoms with Gasteiger partial charge in [0.15, 0.2) is 0 Å². The average molecular weight is 345 g/mol. The average Bonchev–Trinajstić information content (AvgIpc) is 2.71. The van der Waals surface area contributed by atoms with Crippen LogP contribution in [0.3, 0.4) is 0 Å². The van der Waals surface area contributed by atoms with Crippen LogP contribution in [0.15, 0.2) is 65.8 Å². The van der Waals surface area contributed by atoms with Crippen molar-refractivity contribution in [2.75, 3.05) is 7.11 Å². The number of ether oxygens (including phenoxy) is 1. The van der Waals surface area contributed by atoms with Crippen LogP contribution in [0.5, 0.6) is 5.75 Å². The zero-order chi connectivity index (χ0) is 17.9. The van der Waals surface area contributed by atoms with E-state index in [2.05, 4.69) is 5.16 Å². The highest BCUT2D eigenvalue weighted by Gasteiger charge is 2.18. The van der Waals surface area contributed by atoms with E-state index >= 15 is 0 Å². The predicted octanol–water partition coefficient (Wildman–Crippen LogP) is 4.75. The molecule has 0 atom stereocenters. The molecule has 4 nitrogen and oxygen atoms in total. The SMILES string of the molecule is COc1ccc2c(c1)CCCC2=NOC(=O)c1cccc2ccccc12. The van der Waals surface area contributed by atoms with E-state index in [1.165, 1.54) is 5.56 Å². The lowest BCUT2D eigenvalue weighted by atomic mass is 9.90. The Balaban J connectivity index is 1.62. The number of methoxy groups -OCH3 is 1. The van der Waals surface area contributed by atoms with Crippen molar-refractivity contribution in [3.63, 3.8) is 0 Å². The molecule has 4 rings (SSSR count). The summed E-state index contributed by atoms with van der Waals surface area (Å²) < 4.78 is 5.29. The zero-order valence-electron chi connectivity index (χ0n) is 14.6. The lowest BCUT2D eigenvalue weighted by molar-refractivity contribution is 0.0518. The van der Waals surface area contributed by atoms with Gasteiger partial charge in [-0.1, -0.05) is 41.6 Å². The summed E-state index contributed by atoms with van der Waals surface area (Å²) >= 11 is 0. The molecule has 0 fully saturated rings. The Morgan fingerprint density at radius 3 is 2.73 bits per heavy atom. The summed E-state index contributed by atoms with van der Waals surface area (Å²) in [6.07, 6.45) is 2.75. The zero-order valence-corrected chi connectivity index (χ0v) is 14.6. The largest absolute Gasteiger partial charge is 0.497 e. The van der Waals surface area contributed by atoms with E-state index in [1.807, 2.05) is 54.6 Å². The molecule has 0 aliphatic heterocycles. The summed E-state index contributed by atoms with van der Waals surface area (Å²) in [7, 11) is 1.66. The highest BCUT2D eigenvalue weighted by atomic mass is 16.7. The van der Waals surface area contributed by atoms with Gasteiger partial charge >= 0.3 is 5.97 Å². The number of fused-ring (bicyclic) bond motifs is 2. The maximum absolute atomic E-state index is 12.6. The third kappa shape index (κ3) is 3.06. The minimum atomic E-state index is -0.435. The van der Waals surface area contributed by atoms with Crippen molar-refractivity contribution < 1.29 is 14.4 Å². The Hall–Kier alpha value is -3.14. The lowest BCUT2D eigenvalue weighted by Gasteiger charge is -2.18. The first-order valence-corrected chi connectivity index (χ1v) is 8.69. The second-order valence-electron chi connectivity index (χ2n) is 6.32. The highest BCUT2D eigenvalue weighted by molar-refractivity contribution is 6.06. The summed E-state index contributed by atoms with van der Waals surface area (Å²) in [4.78, 5) is 17.9. The number of aryl methyl sites for hydroxylation is 1. The molecule has 0 N–H and O–H groups in total. The van der Waals surface area contributed by atoms with Gasteiger partial charge in [0, 0.05) is 5.56 Å². The van der Waals surface area contributed by atoms with Crippen LogP contribution < -0.4 is 4.74 Å². The van der Waals surface area contributed by atoms with E-state index in [0.29, 0.717) is 5.56 Å². The van der Waals surface area contributed by atoms with E-state index in [0.717, 1.165) is 47.1 Å². The van der Waals surface area contributed by atoms with Crippen molar-refractivity contribution >= 4 is 22.5 Å². The molecule has 0 bridgehead atoms. The van der Waals surface area contributed by atoms with E-state index < -0.39 is 5.97 Å². The molecule has 1 aliphatic carbocycles. The van der Waals surface area contributed by atoms with Gasteiger partial charge < -0.3 is 9.57 Å². The van der Waals surface area contributed by atoms with Crippen molar-refractivity contribution in [2.24, 2.45) is 5.16 Å². The first kappa shape index (κ1) is 16.3. The lowest BCUT2D eigenvalue weighted by Crippen LogP contribution is -2.14. The monoisotopic (exact) mass is 345 g/mol. The summed E-state index contributed by atoms with van der Waals surface area (Å²) in [6, 6.07) is 19.3. The van der Waals surface area contributed by atoms with Crippen LogP contribution in [0.4, 0.5) is 0 Å². The van der Waals surface area contributed by atoms with Gasteiger partial charge in [0.1, 0.15) is 5.75 Å². The van der Waals surface area contributed by atoms with Gasteiger partial charge in [-0.2, -0.15) is 0 Å². The fourth-order valence-electron chi connectivity index (χ4n) is 3.41. The first-order valence-electron chi connectivity index (χ1n) is 8.69. The molecule has 0 aromatic heterocycles. The summed E-state index contributed by atoms with van der Waals surface area (Å²) in [5.41, 5.74) is 3.54. The van der Waals surface area contributed by atoms with Gasteiger partial charge in [-0.05, 0) is 59.9 Å². The molecule has 0 unspecified atom stereocenters. The minimum Gasteiger partial charge on any atom is -0.497 e. The molecule has 0 heterocycles. The van der Waals surface area contributed by atoms with Crippen molar-refractivity contribution in [2.45, 2.75) is 19.3 Å². The second kappa shape index (κ2) is 7.00. The van der Waals surface area contributed by atoms with Crippen LogP contribution in [0, 0.1) is 0 Å². The fourth-order valence-corrected chi connectivity index (χ4v) is 3.41. The molecule has 0 saturated carbocycles. The number of carbonyl (C=O) groups is 1. The normalized spacial score (nSPS) is 14.9. The van der Waals surface area contributed by atoms with Gasteiger partial charge in [-0.25, -0.2) is 4.79 Å². The number of oxime groups is 1. The maximum Gasteiger partial charge on any atom is 0.366 e. The van der Waals surface area contributed by atoms with Gasteiger partial charge in [-0.3, -0.25) is 0 Å². The van der Waals surface area contributed by atoms with Crippen molar-refractivity contribution in [1.29, 1.82) is 0 Å². The quantitative estimate of drug-likeness (QED) is 0.508. The standard InChI is InChI=1S/C22H19NO3/c1-25-17-12-13-19-16(14-17)8-5-11-21(19)23-26-22(24)20-10-4-7-15-6-2-3-9-18(15)20/h2-4,6-7,9-10,12-14H,5,8,11H2,1H3. The molecule has 0 amide bonds. The Labute approximate surface area is 152 Å². The number of benzene rings is 3. The summed E-state index contributed by atoms with van der Waals surface area (Å²) in [6.45, 7) is 0. The van der Waals surface area contributed by atoms with E-state index in [1.54, 1.807) is 13.2 Å². The molecule has 26 heavy (non-hydrogen) atoms. The smallest absolute Gasteiger partial charge is 0.366 e. The van der Waals surface area contributed by atoms with Gasteiger partial charge in [0.05, 0.1) is 18.4 Å². The predicted molar refractivity (Wildman–Crippen MR) is 102 cm³/mol. The molecule has 0 spiro atoms. The third-order valence-corrected chi connectivity index (χ3v) is 4.73. The summed E-state index contributed by atoms with van der Waals surface area (Å²) in [5.74, 6) is 0.396. The Bertz CT molecular complexity index is 1000. The fraction of sp³-hybridized carbons (Fsp3) is 0.182. The Morgan fingerprint density at radius 2 is 1.85 bits per heavy atom. The number of hydrogen-bond acceptors (Lipinski definition) is 4. The molecule has 3 aromatic carbocycles. The van der Waals surface area contributed by atoms with Crippen LogP contribution >= 0.6 is 0 Å². The van der Waals surface area contributed by atoms with E-state index in [-0.39, 0.29) is 0 Å². The topological polar surface area (TPSA) is 47.9 Å². The minimum absolute atomic E-state index is 0.435. The number of rotatable bonds is 3.